The smallest absolute Gasteiger partial charge is 0.339 e. The highest BCUT2D eigenvalue weighted by Gasteiger charge is 2.52. The topological polar surface area (TPSA) is 109 Å². The van der Waals surface area contributed by atoms with Gasteiger partial charge in [0.1, 0.15) is 22.4 Å². The maximum atomic E-state index is 14.0. The molecule has 0 saturated heterocycles. The number of sulfone groups is 1. The van der Waals surface area contributed by atoms with E-state index in [2.05, 4.69) is 0 Å². The van der Waals surface area contributed by atoms with Crippen LogP contribution < -0.4 is 0 Å². The Kier molecular flexibility index (Phi) is 8.98. The predicted octanol–water partition coefficient (Wildman–Crippen LogP) is 5.70. The summed E-state index contributed by atoms with van der Waals surface area (Å²) < 4.78 is 63.0. The minimum atomic E-state index is -3.91. The standard InChI is InChI=1S/C22H28ClO8PS2/c1-5-28-22(24)21-20(32(25,29-6-2)30-7-3)19-17(14(4)31-18(19)12-33-21)13-34(26,27)16-10-8-15(23)9-11-16/h8-11,20-21H,5-7,12-13H2,1-4H3. The van der Waals surface area contributed by atoms with Gasteiger partial charge in [-0.3, -0.25) is 9.36 Å². The van der Waals surface area contributed by atoms with Crippen LogP contribution in [0.1, 0.15) is 49.1 Å². The number of thioether (sulfide) groups is 1. The summed E-state index contributed by atoms with van der Waals surface area (Å²) in [7, 11) is -7.72. The van der Waals surface area contributed by atoms with Crippen molar-refractivity contribution < 1.29 is 36.0 Å². The second-order valence-corrected chi connectivity index (χ2v) is 13.2. The molecule has 188 valence electrons. The summed E-state index contributed by atoms with van der Waals surface area (Å²) in [6.07, 6.45) is 0. The summed E-state index contributed by atoms with van der Waals surface area (Å²) >= 11 is 7.12. The quantitative estimate of drug-likeness (QED) is 0.272. The fourth-order valence-electron chi connectivity index (χ4n) is 3.92. The average Bonchev–Trinajstić information content (AvgIpc) is 3.08. The van der Waals surface area contributed by atoms with Gasteiger partial charge in [-0.1, -0.05) is 11.6 Å². The molecule has 2 aromatic rings. The molecule has 34 heavy (non-hydrogen) atoms. The van der Waals surface area contributed by atoms with Crippen LogP contribution in [0.25, 0.3) is 0 Å². The van der Waals surface area contributed by atoms with Crippen molar-refractivity contribution in [3.05, 3.63) is 51.9 Å². The first-order chi connectivity index (χ1) is 16.1. The summed E-state index contributed by atoms with van der Waals surface area (Å²) in [5.41, 5.74) is -0.339. The molecule has 8 nitrogen and oxygen atoms in total. The van der Waals surface area contributed by atoms with Gasteiger partial charge in [0.15, 0.2) is 9.84 Å². The van der Waals surface area contributed by atoms with Crippen molar-refractivity contribution in [2.75, 3.05) is 19.8 Å². The number of benzene rings is 1. The van der Waals surface area contributed by atoms with E-state index in [1.54, 1.807) is 27.7 Å². The summed E-state index contributed by atoms with van der Waals surface area (Å²) in [6.45, 7) is 6.99. The van der Waals surface area contributed by atoms with E-state index in [4.69, 9.17) is 29.8 Å². The van der Waals surface area contributed by atoms with Gasteiger partial charge in [0.25, 0.3) is 0 Å². The Morgan fingerprint density at radius 2 is 1.76 bits per heavy atom. The Labute approximate surface area is 209 Å². The molecule has 0 fully saturated rings. The maximum Gasteiger partial charge on any atom is 0.339 e. The van der Waals surface area contributed by atoms with Crippen LogP contribution in [-0.2, 0) is 44.5 Å². The van der Waals surface area contributed by atoms with Crippen molar-refractivity contribution in [3.8, 4) is 0 Å². The van der Waals surface area contributed by atoms with Crippen LogP contribution in [0, 0.1) is 6.92 Å². The van der Waals surface area contributed by atoms with Crippen LogP contribution in [0.2, 0.25) is 5.02 Å². The Balaban J connectivity index is 2.16. The fourth-order valence-corrected chi connectivity index (χ4v) is 9.46. The van der Waals surface area contributed by atoms with E-state index in [9.17, 15) is 17.8 Å². The Bertz CT molecular complexity index is 1170. The molecule has 0 spiro atoms. The number of ether oxygens (including phenoxy) is 1. The van der Waals surface area contributed by atoms with Crippen LogP contribution in [0.5, 0.6) is 0 Å². The lowest BCUT2D eigenvalue weighted by molar-refractivity contribution is -0.142. The fraction of sp³-hybridized carbons (Fsp3) is 0.500. The molecule has 0 N–H and O–H groups in total. The van der Waals surface area contributed by atoms with E-state index in [0.717, 1.165) is 0 Å². The second-order valence-electron chi connectivity index (χ2n) is 7.49. The highest BCUT2D eigenvalue weighted by Crippen LogP contribution is 2.67. The van der Waals surface area contributed by atoms with Crippen LogP contribution in [0.15, 0.2) is 33.6 Å². The molecule has 1 aromatic heterocycles. The third-order valence-corrected chi connectivity index (χ3v) is 11.1. The van der Waals surface area contributed by atoms with E-state index in [1.165, 1.54) is 36.0 Å². The van der Waals surface area contributed by atoms with Crippen LogP contribution in [-0.4, -0.2) is 39.5 Å². The average molecular weight is 551 g/mol. The van der Waals surface area contributed by atoms with Gasteiger partial charge in [-0.25, -0.2) is 8.42 Å². The minimum absolute atomic E-state index is 0.0819. The lowest BCUT2D eigenvalue weighted by Crippen LogP contribution is -2.32. The van der Waals surface area contributed by atoms with Crippen LogP contribution >= 0.6 is 31.0 Å². The molecule has 2 unspecified atom stereocenters. The first-order valence-corrected chi connectivity index (χ1v) is 15.5. The number of furan rings is 1. The van der Waals surface area contributed by atoms with Gasteiger partial charge in [-0.05, 0) is 52.0 Å². The van der Waals surface area contributed by atoms with E-state index < -0.39 is 40.1 Å². The molecule has 2 atom stereocenters. The summed E-state index contributed by atoms with van der Waals surface area (Å²) in [5, 5.41) is -0.495. The van der Waals surface area contributed by atoms with Crippen molar-refractivity contribution in [3.63, 3.8) is 0 Å². The van der Waals surface area contributed by atoms with E-state index in [1.807, 2.05) is 0 Å². The third kappa shape index (κ3) is 5.58. The summed E-state index contributed by atoms with van der Waals surface area (Å²) in [6, 6.07) is 5.86. The molecule has 12 heteroatoms. The molecule has 2 heterocycles. The molecule has 1 aromatic carbocycles. The highest BCUT2D eigenvalue weighted by atomic mass is 35.5. The molecule has 3 rings (SSSR count). The molecule has 0 aliphatic carbocycles. The van der Waals surface area contributed by atoms with Crippen molar-refractivity contribution >= 4 is 46.8 Å². The molecule has 0 radical (unpaired) electrons. The molecule has 0 saturated carbocycles. The number of carbonyl (C=O) groups is 1. The lowest BCUT2D eigenvalue weighted by Gasteiger charge is -2.34. The minimum Gasteiger partial charge on any atom is -0.465 e. The van der Waals surface area contributed by atoms with Crippen molar-refractivity contribution in [1.29, 1.82) is 0 Å². The van der Waals surface area contributed by atoms with Gasteiger partial charge in [0, 0.05) is 16.1 Å². The van der Waals surface area contributed by atoms with Gasteiger partial charge < -0.3 is 18.2 Å². The molecule has 0 bridgehead atoms. The van der Waals surface area contributed by atoms with Gasteiger partial charge >= 0.3 is 13.6 Å². The Hall–Kier alpha value is -1.29. The van der Waals surface area contributed by atoms with E-state index in [0.29, 0.717) is 27.7 Å². The molecular weight excluding hydrogens is 523 g/mol. The number of carbonyl (C=O) groups excluding carboxylic acids is 1. The molecule has 0 amide bonds. The van der Waals surface area contributed by atoms with Crippen LogP contribution in [0.4, 0.5) is 0 Å². The number of halogens is 1. The first kappa shape index (κ1) is 27.3. The maximum absolute atomic E-state index is 14.0. The molecule has 1 aliphatic heterocycles. The number of esters is 1. The van der Waals surface area contributed by atoms with Gasteiger partial charge in [-0.15, -0.1) is 11.8 Å². The van der Waals surface area contributed by atoms with E-state index >= 15 is 0 Å². The van der Waals surface area contributed by atoms with Crippen molar-refractivity contribution in [2.45, 2.75) is 55.0 Å². The van der Waals surface area contributed by atoms with Gasteiger partial charge in [-0.2, -0.15) is 0 Å². The number of fused-ring (bicyclic) bond motifs is 1. The normalized spacial score (nSPS) is 18.5. The van der Waals surface area contributed by atoms with Crippen molar-refractivity contribution in [1.82, 2.24) is 0 Å². The number of hydrogen-bond acceptors (Lipinski definition) is 9. The zero-order valence-corrected chi connectivity index (χ0v) is 22.7. The number of aryl methyl sites for hydroxylation is 1. The number of hydrogen-bond donors (Lipinski definition) is 0. The van der Waals surface area contributed by atoms with E-state index in [-0.39, 0.29) is 30.5 Å². The lowest BCUT2D eigenvalue weighted by atomic mass is 10.0. The molecular formula is C22H28ClO8PS2. The van der Waals surface area contributed by atoms with Gasteiger partial charge in [0.2, 0.25) is 0 Å². The summed E-state index contributed by atoms with van der Waals surface area (Å²) in [4.78, 5) is 13.0. The highest BCUT2D eigenvalue weighted by molar-refractivity contribution is 8.00. The summed E-state index contributed by atoms with van der Waals surface area (Å²) in [5.74, 6) is 0.142. The van der Waals surface area contributed by atoms with Crippen molar-refractivity contribution in [2.24, 2.45) is 0 Å². The zero-order valence-electron chi connectivity index (χ0n) is 19.4. The van der Waals surface area contributed by atoms with Gasteiger partial charge in [0.05, 0.1) is 36.2 Å². The monoisotopic (exact) mass is 550 g/mol. The largest absolute Gasteiger partial charge is 0.465 e. The Morgan fingerprint density at radius 3 is 2.32 bits per heavy atom. The SMILES string of the molecule is CCOC(=O)C1SCc2oc(C)c(CS(=O)(=O)c3ccc(Cl)cc3)c2C1P(=O)(OCC)OCC. The zero-order chi connectivity index (χ0) is 25.1. The number of rotatable bonds is 10. The second kappa shape index (κ2) is 11.2. The predicted molar refractivity (Wildman–Crippen MR) is 131 cm³/mol. The third-order valence-electron chi connectivity index (χ3n) is 5.29. The molecule has 1 aliphatic rings. The Morgan fingerprint density at radius 1 is 1.15 bits per heavy atom. The van der Waals surface area contributed by atoms with Crippen LogP contribution in [0.3, 0.4) is 0 Å². The first-order valence-electron chi connectivity index (χ1n) is 10.8.